The van der Waals surface area contributed by atoms with Crippen LogP contribution < -0.4 is 4.72 Å². The zero-order chi connectivity index (χ0) is 14.3. The van der Waals surface area contributed by atoms with Crippen molar-refractivity contribution in [2.45, 2.75) is 24.2 Å². The first-order valence-corrected chi connectivity index (χ1v) is 7.43. The number of halogens is 1. The van der Waals surface area contributed by atoms with Crippen molar-refractivity contribution >= 4 is 21.6 Å². The van der Waals surface area contributed by atoms with Crippen molar-refractivity contribution in [1.29, 1.82) is 10.5 Å². The van der Waals surface area contributed by atoms with E-state index in [1.54, 1.807) is 0 Å². The largest absolute Gasteiger partial charge is 0.242 e. The second kappa shape index (κ2) is 7.10. The van der Waals surface area contributed by atoms with Crippen LogP contribution in [0.5, 0.6) is 0 Å². The van der Waals surface area contributed by atoms with Gasteiger partial charge in [0.15, 0.2) is 0 Å². The Balaban J connectivity index is 2.78. The van der Waals surface area contributed by atoms with E-state index in [2.05, 4.69) is 4.72 Å². The minimum Gasteiger partial charge on any atom is -0.211 e. The predicted molar refractivity (Wildman–Crippen MR) is 70.8 cm³/mol. The third-order valence-electron chi connectivity index (χ3n) is 2.36. The quantitative estimate of drug-likeness (QED) is 0.814. The Kier molecular flexibility index (Phi) is 5.78. The van der Waals surface area contributed by atoms with Crippen molar-refractivity contribution < 1.29 is 8.42 Å². The normalized spacial score (nSPS) is 10.7. The molecule has 0 unspecified atom stereocenters. The van der Waals surface area contributed by atoms with E-state index >= 15 is 0 Å². The zero-order valence-electron chi connectivity index (χ0n) is 10.1. The molecule has 0 saturated carbocycles. The lowest BCUT2D eigenvalue weighted by Crippen LogP contribution is -2.25. The standard InChI is InChI=1S/C12H12ClN3O2S/c13-11-5-4-10(9-15)8-12(11)19(17,18)16-7-3-1-2-6-14/h4-5,8,16H,1-3,7H2. The van der Waals surface area contributed by atoms with Gasteiger partial charge in [-0.1, -0.05) is 11.6 Å². The molecule has 0 heterocycles. The third-order valence-corrected chi connectivity index (χ3v) is 4.30. The van der Waals surface area contributed by atoms with Gasteiger partial charge in [0.2, 0.25) is 10.0 Å². The fourth-order valence-corrected chi connectivity index (χ4v) is 2.99. The van der Waals surface area contributed by atoms with E-state index < -0.39 is 10.0 Å². The molecule has 0 atom stereocenters. The van der Waals surface area contributed by atoms with Crippen LogP contribution in [-0.4, -0.2) is 15.0 Å². The highest BCUT2D eigenvalue weighted by atomic mass is 35.5. The lowest BCUT2D eigenvalue weighted by atomic mass is 10.2. The number of sulfonamides is 1. The van der Waals surface area contributed by atoms with Gasteiger partial charge in [-0.2, -0.15) is 10.5 Å². The second-order valence-corrected chi connectivity index (χ2v) is 5.91. The number of hydrogen-bond donors (Lipinski definition) is 1. The Morgan fingerprint density at radius 1 is 1.26 bits per heavy atom. The van der Waals surface area contributed by atoms with Gasteiger partial charge in [0, 0.05) is 13.0 Å². The molecule has 1 aromatic carbocycles. The maximum absolute atomic E-state index is 12.0. The first-order chi connectivity index (χ1) is 9.01. The summed E-state index contributed by atoms with van der Waals surface area (Å²) in [6.07, 6.45) is 1.60. The van der Waals surface area contributed by atoms with Crippen LogP contribution in [0.1, 0.15) is 24.8 Å². The summed E-state index contributed by atoms with van der Waals surface area (Å²) < 4.78 is 26.4. The van der Waals surface area contributed by atoms with Crippen LogP contribution in [0.3, 0.4) is 0 Å². The highest BCUT2D eigenvalue weighted by Crippen LogP contribution is 2.22. The van der Waals surface area contributed by atoms with Crippen LogP contribution in [0.15, 0.2) is 23.1 Å². The minimum absolute atomic E-state index is 0.0727. The molecule has 100 valence electrons. The maximum atomic E-state index is 12.0. The van der Waals surface area contributed by atoms with E-state index in [0.29, 0.717) is 19.3 Å². The van der Waals surface area contributed by atoms with Gasteiger partial charge in [0.1, 0.15) is 4.90 Å². The maximum Gasteiger partial charge on any atom is 0.242 e. The van der Waals surface area contributed by atoms with E-state index in [1.807, 2.05) is 12.1 Å². The number of unbranched alkanes of at least 4 members (excludes halogenated alkanes) is 2. The summed E-state index contributed by atoms with van der Waals surface area (Å²) >= 11 is 5.83. The summed E-state index contributed by atoms with van der Waals surface area (Å²) in [7, 11) is -3.73. The SMILES string of the molecule is N#CCCCCNS(=O)(=O)c1cc(C#N)ccc1Cl. The Hall–Kier alpha value is -1.60. The molecule has 0 radical (unpaired) electrons. The van der Waals surface area contributed by atoms with Crippen molar-refractivity contribution in [1.82, 2.24) is 4.72 Å². The van der Waals surface area contributed by atoms with Gasteiger partial charge in [-0.15, -0.1) is 0 Å². The number of nitrogens with one attached hydrogen (secondary N) is 1. The topological polar surface area (TPSA) is 93.8 Å². The summed E-state index contributed by atoms with van der Waals surface area (Å²) in [4.78, 5) is -0.103. The molecule has 7 heteroatoms. The molecule has 0 saturated heterocycles. The smallest absolute Gasteiger partial charge is 0.211 e. The molecule has 0 fully saturated rings. The summed E-state index contributed by atoms with van der Waals surface area (Å²) in [5.41, 5.74) is 0.231. The van der Waals surface area contributed by atoms with Crippen LogP contribution in [0.2, 0.25) is 5.02 Å². The average Bonchev–Trinajstić information content (AvgIpc) is 2.39. The van der Waals surface area contributed by atoms with Gasteiger partial charge in [-0.05, 0) is 31.0 Å². The van der Waals surface area contributed by atoms with Gasteiger partial charge in [-0.25, -0.2) is 13.1 Å². The Morgan fingerprint density at radius 2 is 2.00 bits per heavy atom. The summed E-state index contributed by atoms with van der Waals surface area (Å²) in [6.45, 7) is 0.233. The van der Waals surface area contributed by atoms with E-state index in [0.717, 1.165) is 0 Å². The van der Waals surface area contributed by atoms with Gasteiger partial charge in [0.25, 0.3) is 0 Å². The van der Waals surface area contributed by atoms with Crippen molar-refractivity contribution in [3.8, 4) is 12.1 Å². The monoisotopic (exact) mass is 297 g/mol. The Bertz CT molecular complexity index is 629. The fraction of sp³-hybridized carbons (Fsp3) is 0.333. The molecule has 0 aromatic heterocycles. The second-order valence-electron chi connectivity index (χ2n) is 3.77. The number of nitriles is 2. The molecule has 1 aromatic rings. The van der Waals surface area contributed by atoms with Crippen molar-refractivity contribution in [2.24, 2.45) is 0 Å². The van der Waals surface area contributed by atoms with E-state index in [-0.39, 0.29) is 22.0 Å². The lowest BCUT2D eigenvalue weighted by Gasteiger charge is -2.08. The van der Waals surface area contributed by atoms with E-state index in [9.17, 15) is 8.42 Å². The average molecular weight is 298 g/mol. The van der Waals surface area contributed by atoms with Gasteiger partial charge in [0.05, 0.1) is 22.7 Å². The summed E-state index contributed by atoms with van der Waals surface area (Å²) in [5.74, 6) is 0. The molecule has 0 aliphatic heterocycles. The van der Waals surface area contributed by atoms with Crippen LogP contribution in [0.25, 0.3) is 0 Å². The molecule has 1 rings (SSSR count). The highest BCUT2D eigenvalue weighted by Gasteiger charge is 2.17. The first kappa shape index (κ1) is 15.5. The number of benzene rings is 1. The van der Waals surface area contributed by atoms with Gasteiger partial charge >= 0.3 is 0 Å². The number of nitrogens with zero attached hydrogens (tertiary/aromatic N) is 2. The predicted octanol–water partition coefficient (Wildman–Crippen LogP) is 2.18. The molecular formula is C12H12ClN3O2S. The van der Waals surface area contributed by atoms with E-state index in [1.165, 1.54) is 18.2 Å². The molecule has 0 aliphatic carbocycles. The summed E-state index contributed by atoms with van der Waals surface area (Å²) in [5, 5.41) is 17.2. The van der Waals surface area contributed by atoms with Crippen molar-refractivity contribution in [3.05, 3.63) is 28.8 Å². The molecular weight excluding hydrogens is 286 g/mol. The summed E-state index contributed by atoms with van der Waals surface area (Å²) in [6, 6.07) is 7.92. The lowest BCUT2D eigenvalue weighted by molar-refractivity contribution is 0.577. The van der Waals surface area contributed by atoms with Crippen molar-refractivity contribution in [3.63, 3.8) is 0 Å². The number of hydrogen-bond acceptors (Lipinski definition) is 4. The molecule has 0 bridgehead atoms. The van der Waals surface area contributed by atoms with Crippen LogP contribution in [-0.2, 0) is 10.0 Å². The molecule has 5 nitrogen and oxygen atoms in total. The van der Waals surface area contributed by atoms with Crippen LogP contribution in [0, 0.1) is 22.7 Å². The first-order valence-electron chi connectivity index (χ1n) is 5.57. The van der Waals surface area contributed by atoms with Crippen molar-refractivity contribution in [2.75, 3.05) is 6.54 Å². The fourth-order valence-electron chi connectivity index (χ4n) is 1.39. The van der Waals surface area contributed by atoms with Gasteiger partial charge < -0.3 is 0 Å². The highest BCUT2D eigenvalue weighted by molar-refractivity contribution is 7.89. The minimum atomic E-state index is -3.73. The molecule has 0 spiro atoms. The third kappa shape index (κ3) is 4.53. The van der Waals surface area contributed by atoms with Crippen LogP contribution >= 0.6 is 11.6 Å². The van der Waals surface area contributed by atoms with E-state index in [4.69, 9.17) is 22.1 Å². The molecule has 1 N–H and O–H groups in total. The molecule has 0 amide bonds. The Labute approximate surface area is 117 Å². The molecule has 19 heavy (non-hydrogen) atoms. The Morgan fingerprint density at radius 3 is 2.63 bits per heavy atom. The zero-order valence-corrected chi connectivity index (χ0v) is 11.6. The van der Waals surface area contributed by atoms with Crippen LogP contribution in [0.4, 0.5) is 0 Å². The number of rotatable bonds is 6. The molecule has 0 aliphatic rings. The van der Waals surface area contributed by atoms with Gasteiger partial charge in [-0.3, -0.25) is 0 Å².